The van der Waals surface area contributed by atoms with Crippen LogP contribution in [0.3, 0.4) is 0 Å². The minimum atomic E-state index is -0.227. The van der Waals surface area contributed by atoms with Crippen molar-refractivity contribution in [1.82, 2.24) is 19.7 Å². The number of hydrogen-bond acceptors (Lipinski definition) is 5. The molecule has 1 aliphatic heterocycles. The molecule has 0 N–H and O–H groups in total. The molecule has 0 spiro atoms. The summed E-state index contributed by atoms with van der Waals surface area (Å²) >= 11 is 1.46. The number of nitrogens with zero attached hydrogens (tertiary/aromatic N) is 4. The van der Waals surface area contributed by atoms with Crippen LogP contribution in [0.25, 0.3) is 11.4 Å². The summed E-state index contributed by atoms with van der Waals surface area (Å²) in [5.41, 5.74) is 0.948. The molecule has 6 nitrogen and oxygen atoms in total. The molecule has 0 aliphatic carbocycles. The first kappa shape index (κ1) is 21.4. The van der Waals surface area contributed by atoms with Crippen LogP contribution in [-0.4, -0.2) is 50.0 Å². The van der Waals surface area contributed by atoms with Gasteiger partial charge in [-0.15, -0.1) is 16.8 Å². The second kappa shape index (κ2) is 9.48. The molecule has 1 aromatic carbocycles. The standard InChI is InChI=1S/C22H30N4O2S/c1-6-14-25-20(18-10-12-19(28-5)13-11-18)23-24-22(25)29-17(4)21(27)26-15(2)8-7-9-16(26)3/h6,10-13,15-17H,1,7-9,14H2,2-5H3/t15-,16+,17-/m1/s1. The van der Waals surface area contributed by atoms with Gasteiger partial charge in [0.05, 0.1) is 12.4 Å². The molecule has 2 heterocycles. The van der Waals surface area contributed by atoms with Gasteiger partial charge in [-0.25, -0.2) is 0 Å². The van der Waals surface area contributed by atoms with E-state index in [0.717, 1.165) is 35.1 Å². The highest BCUT2D eigenvalue weighted by atomic mass is 32.2. The van der Waals surface area contributed by atoms with E-state index in [4.69, 9.17) is 4.74 Å². The predicted octanol–water partition coefficient (Wildman–Crippen LogP) is 4.41. The molecule has 0 radical (unpaired) electrons. The summed E-state index contributed by atoms with van der Waals surface area (Å²) in [6, 6.07) is 8.30. The van der Waals surface area contributed by atoms with Gasteiger partial charge in [-0.2, -0.15) is 0 Å². The Hall–Kier alpha value is -2.28. The summed E-state index contributed by atoms with van der Waals surface area (Å²) in [6.45, 7) is 10.7. The van der Waals surface area contributed by atoms with Crippen molar-refractivity contribution >= 4 is 17.7 Å². The Bertz CT molecular complexity index is 839. The van der Waals surface area contributed by atoms with Crippen molar-refractivity contribution in [2.24, 2.45) is 0 Å². The van der Waals surface area contributed by atoms with Crippen LogP contribution < -0.4 is 4.74 Å². The van der Waals surface area contributed by atoms with Gasteiger partial charge in [0.1, 0.15) is 5.75 Å². The Balaban J connectivity index is 1.82. The molecule has 0 bridgehead atoms. The van der Waals surface area contributed by atoms with Crippen molar-refractivity contribution in [1.29, 1.82) is 0 Å². The second-order valence-electron chi connectivity index (χ2n) is 7.57. The lowest BCUT2D eigenvalue weighted by atomic mass is 9.97. The quantitative estimate of drug-likeness (QED) is 0.496. The van der Waals surface area contributed by atoms with Gasteiger partial charge >= 0.3 is 0 Å². The van der Waals surface area contributed by atoms with Gasteiger partial charge in [0.15, 0.2) is 11.0 Å². The van der Waals surface area contributed by atoms with Crippen molar-refractivity contribution in [3.8, 4) is 17.1 Å². The lowest BCUT2D eigenvalue weighted by molar-refractivity contribution is -0.136. The van der Waals surface area contributed by atoms with E-state index in [1.54, 1.807) is 7.11 Å². The molecule has 0 saturated carbocycles. The fraction of sp³-hybridized carbons (Fsp3) is 0.500. The third-order valence-electron chi connectivity index (χ3n) is 5.45. The van der Waals surface area contributed by atoms with E-state index in [0.29, 0.717) is 6.54 Å². The smallest absolute Gasteiger partial charge is 0.236 e. The van der Waals surface area contributed by atoms with Crippen LogP contribution in [0.1, 0.15) is 40.0 Å². The first-order valence-corrected chi connectivity index (χ1v) is 11.0. The van der Waals surface area contributed by atoms with Crippen LogP contribution in [-0.2, 0) is 11.3 Å². The van der Waals surface area contributed by atoms with E-state index in [1.807, 2.05) is 41.8 Å². The maximum absolute atomic E-state index is 13.2. The van der Waals surface area contributed by atoms with E-state index < -0.39 is 0 Å². The molecule has 2 aromatic rings. The molecule has 7 heteroatoms. The minimum absolute atomic E-state index is 0.175. The zero-order chi connectivity index (χ0) is 21.0. The lowest BCUT2D eigenvalue weighted by Gasteiger charge is -2.40. The van der Waals surface area contributed by atoms with Gasteiger partial charge < -0.3 is 9.64 Å². The van der Waals surface area contributed by atoms with E-state index in [-0.39, 0.29) is 23.2 Å². The number of likely N-dealkylation sites (tertiary alicyclic amines) is 1. The van der Waals surface area contributed by atoms with Crippen molar-refractivity contribution in [3.63, 3.8) is 0 Å². The number of amides is 1. The molecule has 1 aliphatic rings. The number of rotatable bonds is 7. The number of allylic oxidation sites excluding steroid dienone is 1. The van der Waals surface area contributed by atoms with Crippen molar-refractivity contribution in [3.05, 3.63) is 36.9 Å². The number of benzene rings is 1. The first-order valence-electron chi connectivity index (χ1n) is 10.1. The number of aromatic nitrogens is 3. The number of carbonyl (C=O) groups is 1. The zero-order valence-electron chi connectivity index (χ0n) is 17.7. The molecule has 1 saturated heterocycles. The van der Waals surface area contributed by atoms with Crippen LogP contribution in [0.2, 0.25) is 0 Å². The predicted molar refractivity (Wildman–Crippen MR) is 117 cm³/mol. The van der Waals surface area contributed by atoms with Crippen LogP contribution in [0.5, 0.6) is 5.75 Å². The SMILES string of the molecule is C=CCn1c(S[C@H](C)C(=O)N2[C@H](C)CCC[C@@H]2C)nnc1-c1ccc(OC)cc1. The van der Waals surface area contributed by atoms with Crippen molar-refractivity contribution < 1.29 is 9.53 Å². The Morgan fingerprint density at radius 1 is 1.28 bits per heavy atom. The molecular formula is C22H30N4O2S. The van der Waals surface area contributed by atoms with E-state index >= 15 is 0 Å². The van der Waals surface area contributed by atoms with Crippen molar-refractivity contribution in [2.75, 3.05) is 7.11 Å². The summed E-state index contributed by atoms with van der Waals surface area (Å²) in [6.07, 6.45) is 5.15. The Labute approximate surface area is 177 Å². The van der Waals surface area contributed by atoms with E-state index in [1.165, 1.54) is 18.2 Å². The average molecular weight is 415 g/mol. The number of methoxy groups -OCH3 is 1. The molecule has 3 rings (SSSR count). The molecule has 3 atom stereocenters. The summed E-state index contributed by atoms with van der Waals surface area (Å²) < 4.78 is 7.24. The topological polar surface area (TPSA) is 60.2 Å². The first-order chi connectivity index (χ1) is 14.0. The highest BCUT2D eigenvalue weighted by Gasteiger charge is 2.32. The van der Waals surface area contributed by atoms with Crippen LogP contribution in [0, 0.1) is 0 Å². The molecular weight excluding hydrogens is 384 g/mol. The normalized spacial score (nSPS) is 20.3. The summed E-state index contributed by atoms with van der Waals surface area (Å²) in [7, 11) is 1.65. The highest BCUT2D eigenvalue weighted by molar-refractivity contribution is 8.00. The van der Waals surface area contributed by atoms with Gasteiger partial charge in [0.25, 0.3) is 0 Å². The maximum Gasteiger partial charge on any atom is 0.236 e. The van der Waals surface area contributed by atoms with E-state index in [2.05, 4.69) is 35.5 Å². The Morgan fingerprint density at radius 3 is 2.52 bits per heavy atom. The number of thioether (sulfide) groups is 1. The van der Waals surface area contributed by atoms with Crippen LogP contribution >= 0.6 is 11.8 Å². The molecule has 1 aromatic heterocycles. The average Bonchev–Trinajstić information content (AvgIpc) is 3.10. The minimum Gasteiger partial charge on any atom is -0.497 e. The molecule has 156 valence electrons. The largest absolute Gasteiger partial charge is 0.497 e. The zero-order valence-corrected chi connectivity index (χ0v) is 18.5. The summed E-state index contributed by atoms with van der Waals surface area (Å²) in [5.74, 6) is 1.73. The Morgan fingerprint density at radius 2 is 1.93 bits per heavy atom. The number of ether oxygens (including phenoxy) is 1. The number of piperidine rings is 1. The van der Waals surface area contributed by atoms with Crippen LogP contribution in [0.15, 0.2) is 42.1 Å². The number of hydrogen-bond donors (Lipinski definition) is 0. The molecule has 0 unspecified atom stereocenters. The van der Waals surface area contributed by atoms with Crippen molar-refractivity contribution in [2.45, 2.75) is 69.1 Å². The van der Waals surface area contributed by atoms with Crippen LogP contribution in [0.4, 0.5) is 0 Å². The fourth-order valence-electron chi connectivity index (χ4n) is 3.90. The Kier molecular flexibility index (Phi) is 7.00. The van der Waals surface area contributed by atoms with Gasteiger partial charge in [-0.05, 0) is 64.3 Å². The third-order valence-corrected chi connectivity index (χ3v) is 6.52. The lowest BCUT2D eigenvalue weighted by Crippen LogP contribution is -2.50. The van der Waals surface area contributed by atoms with Gasteiger partial charge in [-0.3, -0.25) is 9.36 Å². The highest BCUT2D eigenvalue weighted by Crippen LogP contribution is 2.31. The van der Waals surface area contributed by atoms with Gasteiger partial charge in [0.2, 0.25) is 5.91 Å². The third kappa shape index (κ3) is 4.66. The number of carbonyl (C=O) groups excluding carboxylic acids is 1. The van der Waals surface area contributed by atoms with Gasteiger partial charge in [0, 0.05) is 24.2 Å². The monoisotopic (exact) mass is 414 g/mol. The summed E-state index contributed by atoms with van der Waals surface area (Å²) in [5, 5.41) is 9.28. The molecule has 1 amide bonds. The molecule has 29 heavy (non-hydrogen) atoms. The molecule has 1 fully saturated rings. The van der Waals surface area contributed by atoms with Gasteiger partial charge in [-0.1, -0.05) is 17.8 Å². The maximum atomic E-state index is 13.2. The summed E-state index contributed by atoms with van der Waals surface area (Å²) in [4.78, 5) is 15.2. The second-order valence-corrected chi connectivity index (χ2v) is 8.88. The fourth-order valence-corrected chi connectivity index (χ4v) is 4.81. The van der Waals surface area contributed by atoms with E-state index in [9.17, 15) is 4.79 Å².